The fourth-order valence-electron chi connectivity index (χ4n) is 4.11. The molecule has 0 atom stereocenters. The van der Waals surface area contributed by atoms with E-state index < -0.39 is 22.9 Å². The summed E-state index contributed by atoms with van der Waals surface area (Å²) in [5.74, 6) is -0.204. The Balaban J connectivity index is 1.44. The SMILES string of the molecule is Cc1c(-c2cc3cc(NC(=O)Oc4ccc([N+](=O)[O-])cc4)ncc3cc2F)cnc2c1N(C(=O)O)CCO2. The molecule has 0 unspecified atom stereocenters. The third-order valence-electron chi connectivity index (χ3n) is 5.91. The summed E-state index contributed by atoms with van der Waals surface area (Å²) < 4.78 is 25.8. The first-order valence-electron chi connectivity index (χ1n) is 11.2. The van der Waals surface area contributed by atoms with Crippen LogP contribution in [-0.2, 0) is 0 Å². The van der Waals surface area contributed by atoms with Gasteiger partial charge in [-0.05, 0) is 48.2 Å². The first-order valence-corrected chi connectivity index (χ1v) is 11.2. The van der Waals surface area contributed by atoms with Crippen molar-refractivity contribution in [1.29, 1.82) is 0 Å². The maximum absolute atomic E-state index is 15.2. The van der Waals surface area contributed by atoms with Gasteiger partial charge in [0.1, 0.15) is 29.7 Å². The smallest absolute Gasteiger partial charge is 0.418 e. The third kappa shape index (κ3) is 4.59. The number of pyridine rings is 2. The third-order valence-corrected chi connectivity index (χ3v) is 5.91. The van der Waals surface area contributed by atoms with Gasteiger partial charge in [-0.2, -0.15) is 0 Å². The summed E-state index contributed by atoms with van der Waals surface area (Å²) in [7, 11) is 0. The van der Waals surface area contributed by atoms with Gasteiger partial charge in [0.15, 0.2) is 0 Å². The molecule has 1 aliphatic rings. The summed E-state index contributed by atoms with van der Waals surface area (Å²) >= 11 is 0. The number of nitro benzene ring substituents is 1. The van der Waals surface area contributed by atoms with E-state index in [1.807, 2.05) is 0 Å². The van der Waals surface area contributed by atoms with E-state index in [9.17, 15) is 24.8 Å². The van der Waals surface area contributed by atoms with Crippen molar-refractivity contribution in [3.05, 3.63) is 76.4 Å². The lowest BCUT2D eigenvalue weighted by Crippen LogP contribution is -2.37. The van der Waals surface area contributed by atoms with E-state index in [0.717, 1.165) is 4.90 Å². The highest BCUT2D eigenvalue weighted by Gasteiger charge is 2.28. The molecule has 0 radical (unpaired) electrons. The van der Waals surface area contributed by atoms with Crippen LogP contribution in [0.1, 0.15) is 5.56 Å². The summed E-state index contributed by atoms with van der Waals surface area (Å²) in [5, 5.41) is 23.8. The molecule has 192 valence electrons. The fraction of sp³-hybridized carbons (Fsp3) is 0.120. The summed E-state index contributed by atoms with van der Waals surface area (Å²) in [5.41, 5.74) is 1.14. The molecule has 0 saturated heterocycles. The largest absolute Gasteiger partial charge is 0.474 e. The fourth-order valence-corrected chi connectivity index (χ4v) is 4.11. The highest BCUT2D eigenvalue weighted by molar-refractivity contribution is 5.95. The van der Waals surface area contributed by atoms with Gasteiger partial charge in [-0.15, -0.1) is 0 Å². The number of fused-ring (bicyclic) bond motifs is 2. The minimum Gasteiger partial charge on any atom is -0.474 e. The molecule has 12 nitrogen and oxygen atoms in total. The minimum absolute atomic E-state index is 0.0908. The number of carbonyl (C=O) groups is 2. The lowest BCUT2D eigenvalue weighted by molar-refractivity contribution is -0.384. The van der Waals surface area contributed by atoms with E-state index in [0.29, 0.717) is 21.9 Å². The summed E-state index contributed by atoms with van der Waals surface area (Å²) in [6.45, 7) is 1.94. The Labute approximate surface area is 213 Å². The molecule has 1 aliphatic heterocycles. The lowest BCUT2D eigenvalue weighted by atomic mass is 9.98. The van der Waals surface area contributed by atoms with Gasteiger partial charge >= 0.3 is 12.2 Å². The molecule has 5 rings (SSSR count). The Hall–Kier alpha value is -5.33. The molecular weight excluding hydrogens is 501 g/mol. The number of hydrogen-bond acceptors (Lipinski definition) is 8. The first-order chi connectivity index (χ1) is 18.2. The number of non-ortho nitro benzene ring substituents is 1. The Morgan fingerprint density at radius 2 is 1.89 bits per heavy atom. The van der Waals surface area contributed by atoms with Crippen LogP contribution < -0.4 is 19.7 Å². The van der Waals surface area contributed by atoms with Gasteiger partial charge in [0, 0.05) is 41.0 Å². The van der Waals surface area contributed by atoms with Crippen molar-refractivity contribution in [3.8, 4) is 22.8 Å². The topological polar surface area (TPSA) is 157 Å². The van der Waals surface area contributed by atoms with Crippen LogP contribution >= 0.6 is 0 Å². The van der Waals surface area contributed by atoms with Crippen LogP contribution in [0.5, 0.6) is 11.6 Å². The summed E-state index contributed by atoms with van der Waals surface area (Å²) in [6.07, 6.45) is 0.752. The monoisotopic (exact) mass is 519 g/mol. The molecule has 38 heavy (non-hydrogen) atoms. The number of rotatable bonds is 4. The lowest BCUT2D eigenvalue weighted by Gasteiger charge is -2.28. The van der Waals surface area contributed by atoms with Crippen molar-refractivity contribution in [2.45, 2.75) is 6.92 Å². The molecular formula is C25H18FN5O7. The van der Waals surface area contributed by atoms with Crippen molar-refractivity contribution in [2.75, 3.05) is 23.4 Å². The van der Waals surface area contributed by atoms with Gasteiger partial charge < -0.3 is 14.6 Å². The Bertz CT molecular complexity index is 1610. The molecule has 2 aromatic heterocycles. The highest BCUT2D eigenvalue weighted by Crippen LogP contribution is 2.40. The number of anilines is 2. The zero-order valence-electron chi connectivity index (χ0n) is 19.7. The molecule has 0 bridgehead atoms. The quantitative estimate of drug-likeness (QED) is 0.275. The van der Waals surface area contributed by atoms with Gasteiger partial charge in [0.2, 0.25) is 5.88 Å². The maximum atomic E-state index is 15.2. The maximum Gasteiger partial charge on any atom is 0.418 e. The van der Waals surface area contributed by atoms with Crippen LogP contribution in [0, 0.1) is 22.9 Å². The number of halogens is 1. The first kappa shape index (κ1) is 24.4. The molecule has 0 fully saturated rings. The molecule has 3 heterocycles. The molecule has 0 aliphatic carbocycles. The number of aromatic nitrogens is 2. The zero-order chi connectivity index (χ0) is 27.0. The van der Waals surface area contributed by atoms with E-state index in [4.69, 9.17) is 9.47 Å². The van der Waals surface area contributed by atoms with Gasteiger partial charge in [0.05, 0.1) is 11.5 Å². The molecule has 2 N–H and O–H groups in total. The van der Waals surface area contributed by atoms with Crippen LogP contribution in [-0.4, -0.2) is 45.3 Å². The molecule has 0 spiro atoms. The molecule has 13 heteroatoms. The number of nitrogens with one attached hydrogen (secondary N) is 1. The number of amides is 2. The number of nitro groups is 1. The average Bonchev–Trinajstić information content (AvgIpc) is 2.89. The molecule has 4 aromatic rings. The van der Waals surface area contributed by atoms with Crippen LogP contribution in [0.15, 0.2) is 54.9 Å². The van der Waals surface area contributed by atoms with E-state index >= 15 is 4.39 Å². The van der Waals surface area contributed by atoms with Crippen molar-refractivity contribution in [2.24, 2.45) is 0 Å². The second-order valence-electron chi connectivity index (χ2n) is 8.25. The molecule has 0 saturated carbocycles. The van der Waals surface area contributed by atoms with E-state index in [1.54, 1.807) is 13.0 Å². The van der Waals surface area contributed by atoms with Crippen molar-refractivity contribution in [3.63, 3.8) is 0 Å². The standard InChI is InChI=1S/C25H18FN5O7/c1-13-19(12-28-23-22(13)30(25(33)34)6-7-37-23)18-8-14-10-21(27-11-15(14)9-20(18)26)29-24(32)38-17-4-2-16(3-5-17)31(35)36/h2-5,8-12H,6-7H2,1H3,(H,33,34)(H,27,29,32). The minimum atomic E-state index is -1.17. The predicted molar refractivity (Wildman–Crippen MR) is 133 cm³/mol. The number of nitrogens with zero attached hydrogens (tertiary/aromatic N) is 4. The highest BCUT2D eigenvalue weighted by atomic mass is 19.1. The van der Waals surface area contributed by atoms with Crippen LogP contribution in [0.25, 0.3) is 21.9 Å². The molecule has 2 amide bonds. The van der Waals surface area contributed by atoms with E-state index in [1.165, 1.54) is 48.8 Å². The van der Waals surface area contributed by atoms with Crippen LogP contribution in [0.3, 0.4) is 0 Å². The number of ether oxygens (including phenoxy) is 2. The Morgan fingerprint density at radius 1 is 1.13 bits per heavy atom. The summed E-state index contributed by atoms with van der Waals surface area (Å²) in [4.78, 5) is 43.7. The van der Waals surface area contributed by atoms with E-state index in [2.05, 4.69) is 15.3 Å². The normalized spacial score (nSPS) is 12.4. The van der Waals surface area contributed by atoms with E-state index in [-0.39, 0.29) is 47.5 Å². The van der Waals surface area contributed by atoms with Crippen molar-refractivity contribution in [1.82, 2.24) is 9.97 Å². The average molecular weight is 519 g/mol. The van der Waals surface area contributed by atoms with Gasteiger partial charge in [-0.3, -0.25) is 20.3 Å². The Morgan fingerprint density at radius 3 is 2.61 bits per heavy atom. The number of carboxylic acid groups (broad SMARTS) is 1. The van der Waals surface area contributed by atoms with Crippen LogP contribution in [0.2, 0.25) is 0 Å². The summed E-state index contributed by atoms with van der Waals surface area (Å²) in [6, 6.07) is 9.31. The number of hydrogen-bond donors (Lipinski definition) is 2. The Kier molecular flexibility index (Phi) is 6.16. The van der Waals surface area contributed by atoms with Crippen LogP contribution in [0.4, 0.5) is 31.2 Å². The second-order valence-corrected chi connectivity index (χ2v) is 8.25. The molecule has 2 aromatic carbocycles. The predicted octanol–water partition coefficient (Wildman–Crippen LogP) is 5.14. The number of carbonyl (C=O) groups excluding carboxylic acids is 1. The zero-order valence-corrected chi connectivity index (χ0v) is 19.7. The second kappa shape index (κ2) is 9.61. The van der Waals surface area contributed by atoms with Gasteiger partial charge in [-0.25, -0.2) is 23.9 Å². The van der Waals surface area contributed by atoms with Crippen molar-refractivity contribution >= 4 is 40.2 Å². The van der Waals surface area contributed by atoms with Crippen molar-refractivity contribution < 1.29 is 33.5 Å². The van der Waals surface area contributed by atoms with Gasteiger partial charge in [-0.1, -0.05) is 0 Å². The van der Waals surface area contributed by atoms with Gasteiger partial charge in [0.25, 0.3) is 5.69 Å². The number of benzene rings is 2.